The molecule has 2 rings (SSSR count). The van der Waals surface area contributed by atoms with Crippen LogP contribution in [0.25, 0.3) is 0 Å². The molecule has 0 aromatic rings. The van der Waals surface area contributed by atoms with Gasteiger partial charge >= 0.3 is 0 Å². The van der Waals surface area contributed by atoms with Crippen LogP contribution in [0.4, 0.5) is 4.39 Å². The van der Waals surface area contributed by atoms with Crippen LogP contribution in [0, 0.1) is 11.8 Å². The molecule has 5 heteroatoms. The second-order valence-electron chi connectivity index (χ2n) is 4.75. The van der Waals surface area contributed by atoms with E-state index in [1.165, 1.54) is 6.42 Å². The highest BCUT2D eigenvalue weighted by molar-refractivity contribution is 14.1. The van der Waals surface area contributed by atoms with Crippen molar-refractivity contribution in [1.82, 2.24) is 5.43 Å². The zero-order chi connectivity index (χ0) is 12.3. The van der Waals surface area contributed by atoms with E-state index in [0.29, 0.717) is 5.92 Å². The maximum Gasteiger partial charge on any atom is 0.207 e. The molecule has 0 radical (unpaired) electrons. The summed E-state index contributed by atoms with van der Waals surface area (Å²) in [5.41, 5.74) is 3.39. The van der Waals surface area contributed by atoms with Gasteiger partial charge in [0.2, 0.25) is 5.95 Å². The van der Waals surface area contributed by atoms with Gasteiger partial charge in [-0.15, -0.1) is 0 Å². The quantitative estimate of drug-likeness (QED) is 0.611. The fourth-order valence-corrected chi connectivity index (χ4v) is 3.45. The Morgan fingerprint density at radius 3 is 3.00 bits per heavy atom. The first-order valence-corrected chi connectivity index (χ1v) is 7.16. The van der Waals surface area contributed by atoms with Crippen molar-refractivity contribution in [2.75, 3.05) is 13.7 Å². The number of halogens is 2. The van der Waals surface area contributed by atoms with E-state index in [9.17, 15) is 4.39 Å². The first kappa shape index (κ1) is 13.3. The zero-order valence-electron chi connectivity index (χ0n) is 10.0. The van der Waals surface area contributed by atoms with Gasteiger partial charge in [0.15, 0.2) is 0 Å². The molecule has 1 N–H and O–H groups in total. The third-order valence-electron chi connectivity index (χ3n) is 3.52. The molecule has 0 spiro atoms. The van der Waals surface area contributed by atoms with Gasteiger partial charge in [-0.25, -0.2) is 0 Å². The molecule has 0 amide bonds. The number of allylic oxidation sites excluding steroid dienone is 1. The van der Waals surface area contributed by atoms with Crippen LogP contribution in [0.5, 0.6) is 0 Å². The van der Waals surface area contributed by atoms with Crippen LogP contribution in [-0.2, 0) is 4.74 Å². The van der Waals surface area contributed by atoms with Gasteiger partial charge in [0.25, 0.3) is 0 Å². The predicted octanol–water partition coefficient (Wildman–Crippen LogP) is 3.36. The summed E-state index contributed by atoms with van der Waals surface area (Å²) in [5, 5.41) is 4.03. The van der Waals surface area contributed by atoms with Gasteiger partial charge < -0.3 is 4.74 Å². The second-order valence-corrected chi connectivity index (χ2v) is 5.85. The summed E-state index contributed by atoms with van der Waals surface area (Å²) in [6, 6.07) is 0. The van der Waals surface area contributed by atoms with Crippen LogP contribution in [0.3, 0.4) is 0 Å². The van der Waals surface area contributed by atoms with Crippen molar-refractivity contribution in [2.24, 2.45) is 16.9 Å². The Labute approximate surface area is 115 Å². The van der Waals surface area contributed by atoms with Crippen molar-refractivity contribution < 1.29 is 9.13 Å². The number of nitrogens with one attached hydrogen (secondary N) is 1. The lowest BCUT2D eigenvalue weighted by molar-refractivity contribution is 0.142. The number of ether oxygens (including phenoxy) is 1. The molecule has 96 valence electrons. The van der Waals surface area contributed by atoms with Crippen molar-refractivity contribution in [3.8, 4) is 0 Å². The number of fused-ring (bicyclic) bond motifs is 1. The zero-order valence-corrected chi connectivity index (χ0v) is 12.2. The van der Waals surface area contributed by atoms with Crippen LogP contribution in [0.2, 0.25) is 0 Å². The molecular weight excluding hydrogens is 334 g/mol. The number of nitrogens with zero attached hydrogens (tertiary/aromatic N) is 1. The molecule has 2 unspecified atom stereocenters. The minimum atomic E-state index is -0.238. The maximum absolute atomic E-state index is 13.8. The topological polar surface area (TPSA) is 33.6 Å². The van der Waals surface area contributed by atoms with Crippen molar-refractivity contribution in [2.45, 2.75) is 32.1 Å². The largest absolute Gasteiger partial charge is 0.384 e. The van der Waals surface area contributed by atoms with E-state index in [4.69, 9.17) is 4.74 Å². The van der Waals surface area contributed by atoms with Gasteiger partial charge in [0.1, 0.15) is 3.72 Å². The first-order chi connectivity index (χ1) is 8.22. The summed E-state index contributed by atoms with van der Waals surface area (Å²) in [6.07, 6.45) is 5.29. The Hall–Kier alpha value is -0.170. The minimum Gasteiger partial charge on any atom is -0.384 e. The number of methoxy groups -OCH3 is 1. The standard InChI is InChI=1S/C12H18FIN2O/c1-17-7-8-4-2-3-5-9-10(6-8)11(13)15-16-12(9)14/h8-9,15H,2-7H2,1H3. The van der Waals surface area contributed by atoms with E-state index < -0.39 is 0 Å². The van der Waals surface area contributed by atoms with Gasteiger partial charge in [-0.2, -0.15) is 9.49 Å². The maximum atomic E-state index is 13.8. The van der Waals surface area contributed by atoms with Gasteiger partial charge in [-0.1, -0.05) is 12.8 Å². The Bertz CT molecular complexity index is 343. The summed E-state index contributed by atoms with van der Waals surface area (Å²) in [5.74, 6) is 0.391. The molecule has 0 aromatic heterocycles. The first-order valence-electron chi connectivity index (χ1n) is 6.09. The lowest BCUT2D eigenvalue weighted by Crippen LogP contribution is -2.27. The smallest absolute Gasteiger partial charge is 0.207 e. The molecule has 2 aliphatic rings. The van der Waals surface area contributed by atoms with E-state index in [0.717, 1.165) is 41.6 Å². The molecule has 1 saturated carbocycles. The number of hydrazone groups is 1. The van der Waals surface area contributed by atoms with E-state index in [-0.39, 0.29) is 11.9 Å². The molecule has 1 aliphatic carbocycles. The van der Waals surface area contributed by atoms with Gasteiger partial charge in [-0.05, 0) is 53.3 Å². The Morgan fingerprint density at radius 2 is 2.24 bits per heavy atom. The van der Waals surface area contributed by atoms with Crippen LogP contribution < -0.4 is 5.43 Å². The number of hydrogen-bond donors (Lipinski definition) is 1. The Kier molecular flexibility index (Phi) is 4.78. The van der Waals surface area contributed by atoms with E-state index in [1.807, 2.05) is 0 Å². The van der Waals surface area contributed by atoms with Crippen LogP contribution in [0.1, 0.15) is 32.1 Å². The molecule has 0 saturated heterocycles. The third-order valence-corrected chi connectivity index (χ3v) is 4.51. The molecular formula is C12H18FIN2O. The molecule has 0 bridgehead atoms. The van der Waals surface area contributed by atoms with Crippen molar-refractivity contribution in [3.05, 3.63) is 11.5 Å². The summed E-state index contributed by atoms with van der Waals surface area (Å²) in [7, 11) is 1.71. The number of hydrogen-bond acceptors (Lipinski definition) is 3. The SMILES string of the molecule is COCC1CCCCC2C(I)=NNC(F)=C2C1. The minimum absolute atomic E-state index is 0.191. The Balaban J connectivity index is 2.16. The number of rotatable bonds is 2. The molecule has 2 atom stereocenters. The van der Waals surface area contributed by atoms with Crippen molar-refractivity contribution in [1.29, 1.82) is 0 Å². The summed E-state index contributed by atoms with van der Waals surface area (Å²) in [4.78, 5) is 0. The molecule has 3 nitrogen and oxygen atoms in total. The Morgan fingerprint density at radius 1 is 1.47 bits per heavy atom. The van der Waals surface area contributed by atoms with Gasteiger partial charge in [-0.3, -0.25) is 5.43 Å². The molecule has 0 aromatic carbocycles. The lowest BCUT2D eigenvalue weighted by atomic mass is 9.82. The highest BCUT2D eigenvalue weighted by atomic mass is 127. The average Bonchev–Trinajstić information content (AvgIpc) is 2.28. The summed E-state index contributed by atoms with van der Waals surface area (Å²) in [6.45, 7) is 0.719. The molecule has 1 aliphatic heterocycles. The van der Waals surface area contributed by atoms with Crippen molar-refractivity contribution >= 4 is 26.3 Å². The monoisotopic (exact) mass is 352 g/mol. The summed E-state index contributed by atoms with van der Waals surface area (Å²) < 4.78 is 20.0. The van der Waals surface area contributed by atoms with Gasteiger partial charge in [0.05, 0.1) is 0 Å². The van der Waals surface area contributed by atoms with Gasteiger partial charge in [0, 0.05) is 19.6 Å². The average molecular weight is 352 g/mol. The van der Waals surface area contributed by atoms with Crippen molar-refractivity contribution in [3.63, 3.8) is 0 Å². The fourth-order valence-electron chi connectivity index (χ4n) is 2.65. The van der Waals surface area contributed by atoms with E-state index >= 15 is 0 Å². The predicted molar refractivity (Wildman–Crippen MR) is 74.7 cm³/mol. The van der Waals surface area contributed by atoms with Crippen LogP contribution in [0.15, 0.2) is 16.6 Å². The normalized spacial score (nSPS) is 29.9. The van der Waals surface area contributed by atoms with E-state index in [1.54, 1.807) is 7.11 Å². The second kappa shape index (κ2) is 6.13. The van der Waals surface area contributed by atoms with Crippen LogP contribution >= 0.6 is 22.6 Å². The molecule has 17 heavy (non-hydrogen) atoms. The summed E-state index contributed by atoms with van der Waals surface area (Å²) >= 11 is 2.21. The third kappa shape index (κ3) is 3.19. The van der Waals surface area contributed by atoms with Crippen LogP contribution in [-0.4, -0.2) is 17.4 Å². The molecule has 1 fully saturated rings. The van der Waals surface area contributed by atoms with E-state index in [2.05, 4.69) is 33.1 Å². The molecule has 1 heterocycles. The highest BCUT2D eigenvalue weighted by Gasteiger charge is 2.30. The lowest BCUT2D eigenvalue weighted by Gasteiger charge is -2.29. The highest BCUT2D eigenvalue weighted by Crippen LogP contribution is 2.36. The fraction of sp³-hybridized carbons (Fsp3) is 0.750.